The van der Waals surface area contributed by atoms with Gasteiger partial charge in [-0.2, -0.15) is 0 Å². The first-order valence-electron chi connectivity index (χ1n) is 8.84. The third-order valence-electron chi connectivity index (χ3n) is 3.87. The number of nitrogen functional groups attached to an aromatic ring is 1. The SMILES string of the molecule is CCCCC(CO)[N-]c1nc(N)ncc1OCCCc1ccccc1.[K+]. The third kappa shape index (κ3) is 8.33. The topological polar surface area (TPSA) is 95.4 Å². The summed E-state index contributed by atoms with van der Waals surface area (Å²) in [6.07, 6.45) is 6.25. The predicted octanol–water partition coefficient (Wildman–Crippen LogP) is 0.631. The van der Waals surface area contributed by atoms with Gasteiger partial charge in [-0.05, 0) is 36.7 Å². The molecule has 2 aromatic rings. The van der Waals surface area contributed by atoms with Crippen molar-refractivity contribution < 1.29 is 61.2 Å². The molecule has 1 aromatic carbocycles. The molecule has 6 nitrogen and oxygen atoms in total. The van der Waals surface area contributed by atoms with Crippen molar-refractivity contribution in [2.45, 2.75) is 45.1 Å². The summed E-state index contributed by atoms with van der Waals surface area (Å²) in [4.78, 5) is 8.16. The van der Waals surface area contributed by atoms with Gasteiger partial charge in [0.25, 0.3) is 0 Å². The Balaban J connectivity index is 0.00000338. The van der Waals surface area contributed by atoms with E-state index >= 15 is 0 Å². The summed E-state index contributed by atoms with van der Waals surface area (Å²) in [5, 5.41) is 14.0. The Bertz CT molecular complexity index is 628. The Kier molecular flexibility index (Phi) is 12.1. The fraction of sp³-hybridized carbons (Fsp3) is 0.474. The molecule has 1 unspecified atom stereocenters. The van der Waals surface area contributed by atoms with Gasteiger partial charge in [-0.25, -0.2) is 4.98 Å². The maximum Gasteiger partial charge on any atom is 1.00 e. The zero-order valence-corrected chi connectivity index (χ0v) is 18.9. The molecule has 0 aliphatic heterocycles. The monoisotopic (exact) mass is 382 g/mol. The van der Waals surface area contributed by atoms with Gasteiger partial charge in [-0.1, -0.05) is 50.1 Å². The van der Waals surface area contributed by atoms with Gasteiger partial charge < -0.3 is 25.9 Å². The second kappa shape index (κ2) is 13.5. The second-order valence-corrected chi connectivity index (χ2v) is 5.96. The molecule has 0 aliphatic carbocycles. The number of unbranched alkanes of at least 4 members (excludes halogenated alkanes) is 1. The molecule has 26 heavy (non-hydrogen) atoms. The standard InChI is InChI=1S/C19H27N4O2.K/c1-2-3-11-16(14-24)22-18-17(13-21-19(20)23-18)25-12-7-10-15-8-5-4-6-9-15;/h4-6,8-9,13,16,24H,2-3,7,10-12,14H2,1H3,(H2-,20,21,22,23);/q-1;+1. The fourth-order valence-electron chi connectivity index (χ4n) is 2.48. The summed E-state index contributed by atoms with van der Waals surface area (Å²) < 4.78 is 5.81. The molecule has 0 amide bonds. The number of nitrogens with two attached hydrogens (primary N) is 1. The van der Waals surface area contributed by atoms with Crippen LogP contribution in [0.3, 0.4) is 0 Å². The number of hydrogen-bond acceptors (Lipinski definition) is 5. The Hall–Kier alpha value is -0.704. The van der Waals surface area contributed by atoms with E-state index in [1.807, 2.05) is 18.2 Å². The van der Waals surface area contributed by atoms with Gasteiger partial charge in [0.05, 0.1) is 12.8 Å². The molecule has 0 saturated heterocycles. The van der Waals surface area contributed by atoms with Crippen molar-refractivity contribution in [1.29, 1.82) is 0 Å². The van der Waals surface area contributed by atoms with Gasteiger partial charge in [0.15, 0.2) is 0 Å². The molecule has 2 rings (SSSR count). The van der Waals surface area contributed by atoms with Gasteiger partial charge in [0.1, 0.15) is 11.7 Å². The summed E-state index contributed by atoms with van der Waals surface area (Å²) in [6, 6.07) is 10.1. The number of aromatic nitrogens is 2. The normalized spacial score (nSPS) is 11.5. The van der Waals surface area contributed by atoms with E-state index in [4.69, 9.17) is 10.5 Å². The molecule has 1 heterocycles. The van der Waals surface area contributed by atoms with Crippen LogP contribution in [0, 0.1) is 0 Å². The molecule has 1 aromatic heterocycles. The molecule has 1 atom stereocenters. The first-order valence-corrected chi connectivity index (χ1v) is 8.84. The minimum absolute atomic E-state index is 0. The van der Waals surface area contributed by atoms with Crippen LogP contribution in [0.25, 0.3) is 5.32 Å². The van der Waals surface area contributed by atoms with Crippen molar-refractivity contribution in [3.05, 3.63) is 47.4 Å². The Labute approximate surface area is 198 Å². The van der Waals surface area contributed by atoms with Crippen LogP contribution in [0.2, 0.25) is 0 Å². The number of aryl methyl sites for hydroxylation is 1. The van der Waals surface area contributed by atoms with Gasteiger partial charge in [-0.3, -0.25) is 0 Å². The Morgan fingerprint density at radius 1 is 1.23 bits per heavy atom. The predicted molar refractivity (Wildman–Crippen MR) is 100 cm³/mol. The van der Waals surface area contributed by atoms with Crippen LogP contribution in [-0.4, -0.2) is 34.3 Å². The average molecular weight is 383 g/mol. The summed E-state index contributed by atoms with van der Waals surface area (Å²) in [6.45, 7) is 2.64. The van der Waals surface area contributed by atoms with Crippen molar-refractivity contribution in [1.82, 2.24) is 9.97 Å². The number of nitrogens with zero attached hydrogens (tertiary/aromatic N) is 3. The first kappa shape index (κ1) is 23.3. The minimum atomic E-state index is -0.194. The molecule has 0 fully saturated rings. The number of hydrogen-bond donors (Lipinski definition) is 2. The zero-order chi connectivity index (χ0) is 17.9. The molecular formula is C19H27KN4O2. The van der Waals surface area contributed by atoms with E-state index in [2.05, 4.69) is 34.3 Å². The van der Waals surface area contributed by atoms with Crippen LogP contribution < -0.4 is 61.9 Å². The van der Waals surface area contributed by atoms with Crippen LogP contribution in [0.1, 0.15) is 38.2 Å². The van der Waals surface area contributed by atoms with E-state index in [1.165, 1.54) is 5.56 Å². The second-order valence-electron chi connectivity index (χ2n) is 5.96. The van der Waals surface area contributed by atoms with Gasteiger partial charge in [0.2, 0.25) is 0 Å². The largest absolute Gasteiger partial charge is 1.00 e. The van der Waals surface area contributed by atoms with Crippen LogP contribution in [0.15, 0.2) is 36.5 Å². The van der Waals surface area contributed by atoms with Crippen molar-refractivity contribution in [2.24, 2.45) is 0 Å². The van der Waals surface area contributed by atoms with Crippen LogP contribution in [0.4, 0.5) is 11.8 Å². The summed E-state index contributed by atoms with van der Waals surface area (Å²) in [5.41, 5.74) is 6.96. The van der Waals surface area contributed by atoms with Crippen LogP contribution in [0.5, 0.6) is 5.75 Å². The Morgan fingerprint density at radius 2 is 2.00 bits per heavy atom. The van der Waals surface area contributed by atoms with E-state index < -0.39 is 0 Å². The minimum Gasteiger partial charge on any atom is -0.492 e. The molecule has 0 saturated carbocycles. The van der Waals surface area contributed by atoms with E-state index in [0.29, 0.717) is 18.2 Å². The number of rotatable bonds is 11. The maximum atomic E-state index is 9.51. The molecule has 0 spiro atoms. The van der Waals surface area contributed by atoms with E-state index in [-0.39, 0.29) is 70.0 Å². The van der Waals surface area contributed by atoms with Crippen molar-refractivity contribution in [3.63, 3.8) is 0 Å². The average Bonchev–Trinajstić information content (AvgIpc) is 2.64. The van der Waals surface area contributed by atoms with Crippen molar-refractivity contribution >= 4 is 11.8 Å². The zero-order valence-electron chi connectivity index (χ0n) is 15.8. The molecule has 0 aliphatic rings. The molecule has 0 bridgehead atoms. The number of aliphatic hydroxyl groups is 1. The number of ether oxygens (including phenoxy) is 1. The quantitative estimate of drug-likeness (QED) is 0.439. The summed E-state index contributed by atoms with van der Waals surface area (Å²) in [7, 11) is 0. The van der Waals surface area contributed by atoms with E-state index in [0.717, 1.165) is 32.1 Å². The molecule has 3 N–H and O–H groups in total. The molecule has 0 radical (unpaired) electrons. The number of benzene rings is 1. The molecule has 7 heteroatoms. The fourth-order valence-corrected chi connectivity index (χ4v) is 2.48. The van der Waals surface area contributed by atoms with Gasteiger partial charge in [-0.15, -0.1) is 0 Å². The van der Waals surface area contributed by atoms with Crippen molar-refractivity contribution in [3.8, 4) is 5.75 Å². The number of anilines is 1. The van der Waals surface area contributed by atoms with E-state index in [9.17, 15) is 5.11 Å². The van der Waals surface area contributed by atoms with Gasteiger partial charge >= 0.3 is 51.4 Å². The number of aliphatic hydroxyl groups excluding tert-OH is 1. The third-order valence-corrected chi connectivity index (χ3v) is 3.87. The maximum absolute atomic E-state index is 9.51. The smallest absolute Gasteiger partial charge is 0.492 e. The van der Waals surface area contributed by atoms with Crippen LogP contribution >= 0.6 is 0 Å². The summed E-state index contributed by atoms with van der Waals surface area (Å²) >= 11 is 0. The van der Waals surface area contributed by atoms with E-state index in [1.54, 1.807) is 6.20 Å². The summed E-state index contributed by atoms with van der Waals surface area (Å²) in [5.74, 6) is 1.09. The van der Waals surface area contributed by atoms with Crippen molar-refractivity contribution in [2.75, 3.05) is 18.9 Å². The van der Waals surface area contributed by atoms with Crippen LogP contribution in [-0.2, 0) is 6.42 Å². The Morgan fingerprint density at radius 3 is 2.69 bits per heavy atom. The first-order chi connectivity index (χ1) is 12.2. The molecule has 136 valence electrons. The van der Waals surface area contributed by atoms with Gasteiger partial charge in [0, 0.05) is 6.61 Å². The molecular weight excluding hydrogens is 355 g/mol.